The van der Waals surface area contributed by atoms with Crippen LogP contribution in [-0.2, 0) is 13.5 Å². The maximum absolute atomic E-state index is 12.8. The third-order valence-electron chi connectivity index (χ3n) is 4.95. The molecule has 1 fully saturated rings. The molecular formula is C20H20ClN3O2. The molecule has 1 aliphatic rings. The summed E-state index contributed by atoms with van der Waals surface area (Å²) in [6, 6.07) is 11.6. The molecule has 0 saturated carbocycles. The van der Waals surface area contributed by atoms with Crippen LogP contribution in [0.5, 0.6) is 5.75 Å². The number of hydrogen-bond donors (Lipinski definition) is 0. The van der Waals surface area contributed by atoms with E-state index < -0.39 is 0 Å². The summed E-state index contributed by atoms with van der Waals surface area (Å²) in [5.74, 6) is 1.20. The van der Waals surface area contributed by atoms with Gasteiger partial charge in [0.2, 0.25) is 0 Å². The standard InChI is InChI=1S/C20H20ClN3O2/c1-23-19-16(10-22-23)8-15(9-18(19)26-2)20(25)24-11-14(12-24)7-13-3-5-17(21)6-4-13/h3-6,8-10,14H,7,11-12H2,1-2H3. The van der Waals surface area contributed by atoms with Crippen molar-refractivity contribution in [2.24, 2.45) is 13.0 Å². The van der Waals surface area contributed by atoms with E-state index in [0.29, 0.717) is 17.2 Å². The van der Waals surface area contributed by atoms with Gasteiger partial charge in [-0.05, 0) is 42.2 Å². The second kappa shape index (κ2) is 6.65. The number of carbonyl (C=O) groups is 1. The van der Waals surface area contributed by atoms with E-state index in [1.807, 2.05) is 42.3 Å². The van der Waals surface area contributed by atoms with Gasteiger partial charge in [0.1, 0.15) is 11.3 Å². The molecule has 1 aliphatic heterocycles. The summed E-state index contributed by atoms with van der Waals surface area (Å²) in [5, 5.41) is 5.91. The topological polar surface area (TPSA) is 47.4 Å². The normalized spacial score (nSPS) is 14.5. The summed E-state index contributed by atoms with van der Waals surface area (Å²) in [5.41, 5.74) is 2.80. The van der Waals surface area contributed by atoms with Crippen LogP contribution in [0.15, 0.2) is 42.6 Å². The van der Waals surface area contributed by atoms with Gasteiger partial charge in [-0.15, -0.1) is 0 Å². The number of aromatic nitrogens is 2. The number of carbonyl (C=O) groups excluding carboxylic acids is 1. The monoisotopic (exact) mass is 369 g/mol. The SMILES string of the molecule is COc1cc(C(=O)N2CC(Cc3ccc(Cl)cc3)C2)cc2cnn(C)c12. The molecule has 2 heterocycles. The van der Waals surface area contributed by atoms with Gasteiger partial charge in [0, 0.05) is 36.1 Å². The molecule has 5 nitrogen and oxygen atoms in total. The molecule has 2 aromatic carbocycles. The Morgan fingerprint density at radius 3 is 2.69 bits per heavy atom. The van der Waals surface area contributed by atoms with Crippen molar-refractivity contribution in [2.75, 3.05) is 20.2 Å². The van der Waals surface area contributed by atoms with E-state index in [1.54, 1.807) is 24.1 Å². The van der Waals surface area contributed by atoms with E-state index in [2.05, 4.69) is 5.10 Å². The van der Waals surface area contributed by atoms with Crippen molar-refractivity contribution in [1.82, 2.24) is 14.7 Å². The van der Waals surface area contributed by atoms with Crippen LogP contribution in [0.3, 0.4) is 0 Å². The fourth-order valence-corrected chi connectivity index (χ4v) is 3.69. The van der Waals surface area contributed by atoms with Gasteiger partial charge in [0.15, 0.2) is 0 Å². The minimum Gasteiger partial charge on any atom is -0.494 e. The number of hydrogen-bond acceptors (Lipinski definition) is 3. The molecule has 0 bridgehead atoms. The van der Waals surface area contributed by atoms with Gasteiger partial charge in [-0.1, -0.05) is 23.7 Å². The molecule has 0 radical (unpaired) electrons. The first-order valence-corrected chi connectivity index (χ1v) is 8.96. The highest BCUT2D eigenvalue weighted by molar-refractivity contribution is 6.30. The minimum absolute atomic E-state index is 0.0430. The Bertz CT molecular complexity index is 959. The van der Waals surface area contributed by atoms with Crippen LogP contribution in [0.1, 0.15) is 15.9 Å². The molecule has 6 heteroatoms. The third kappa shape index (κ3) is 3.03. The van der Waals surface area contributed by atoms with E-state index in [0.717, 1.165) is 35.4 Å². The predicted octanol–water partition coefficient (Wildman–Crippen LogP) is 3.55. The Kier molecular flexibility index (Phi) is 4.32. The van der Waals surface area contributed by atoms with Gasteiger partial charge in [0.25, 0.3) is 5.91 Å². The fourth-order valence-electron chi connectivity index (χ4n) is 3.56. The third-order valence-corrected chi connectivity index (χ3v) is 5.20. The molecule has 4 rings (SSSR count). The zero-order valence-electron chi connectivity index (χ0n) is 14.8. The number of methoxy groups -OCH3 is 1. The van der Waals surface area contributed by atoms with Crippen LogP contribution in [0.25, 0.3) is 10.9 Å². The Labute approximate surface area is 157 Å². The van der Waals surface area contributed by atoms with Crippen LogP contribution in [0, 0.1) is 5.92 Å². The lowest BCUT2D eigenvalue weighted by Crippen LogP contribution is -2.50. The largest absolute Gasteiger partial charge is 0.494 e. The number of nitrogens with zero attached hydrogens (tertiary/aromatic N) is 3. The van der Waals surface area contributed by atoms with Crippen molar-refractivity contribution >= 4 is 28.4 Å². The minimum atomic E-state index is 0.0430. The first-order chi connectivity index (χ1) is 12.5. The van der Waals surface area contributed by atoms with E-state index in [9.17, 15) is 4.79 Å². The summed E-state index contributed by atoms with van der Waals surface area (Å²) < 4.78 is 7.21. The average Bonchev–Trinajstić information content (AvgIpc) is 2.99. The molecule has 1 saturated heterocycles. The highest BCUT2D eigenvalue weighted by atomic mass is 35.5. The van der Waals surface area contributed by atoms with Gasteiger partial charge in [0.05, 0.1) is 13.3 Å². The first kappa shape index (κ1) is 16.9. The summed E-state index contributed by atoms with van der Waals surface area (Å²) in [6.45, 7) is 1.55. The molecule has 26 heavy (non-hydrogen) atoms. The molecule has 0 N–H and O–H groups in total. The highest BCUT2D eigenvalue weighted by Crippen LogP contribution is 2.29. The first-order valence-electron chi connectivity index (χ1n) is 8.58. The van der Waals surface area contributed by atoms with Gasteiger partial charge in [-0.2, -0.15) is 5.10 Å². The molecule has 0 unspecified atom stereocenters. The number of halogens is 1. The summed E-state index contributed by atoms with van der Waals surface area (Å²) in [4.78, 5) is 14.7. The van der Waals surface area contributed by atoms with Crippen molar-refractivity contribution in [3.8, 4) is 5.75 Å². The Morgan fingerprint density at radius 2 is 2.00 bits per heavy atom. The summed E-state index contributed by atoms with van der Waals surface area (Å²) >= 11 is 5.93. The van der Waals surface area contributed by atoms with Crippen molar-refractivity contribution in [2.45, 2.75) is 6.42 Å². The van der Waals surface area contributed by atoms with Crippen molar-refractivity contribution < 1.29 is 9.53 Å². The zero-order valence-corrected chi connectivity index (χ0v) is 15.5. The predicted molar refractivity (Wildman–Crippen MR) is 102 cm³/mol. The second-order valence-corrected chi connectivity index (χ2v) is 7.23. The number of rotatable bonds is 4. The lowest BCUT2D eigenvalue weighted by atomic mass is 9.91. The average molecular weight is 370 g/mol. The Hall–Kier alpha value is -2.53. The maximum Gasteiger partial charge on any atom is 0.254 e. The second-order valence-electron chi connectivity index (χ2n) is 6.79. The number of amides is 1. The van der Waals surface area contributed by atoms with Gasteiger partial charge < -0.3 is 9.64 Å². The zero-order chi connectivity index (χ0) is 18.3. The quantitative estimate of drug-likeness (QED) is 0.706. The Morgan fingerprint density at radius 1 is 1.27 bits per heavy atom. The number of fused-ring (bicyclic) bond motifs is 1. The fraction of sp³-hybridized carbons (Fsp3) is 0.300. The van der Waals surface area contributed by atoms with E-state index in [1.165, 1.54) is 5.56 Å². The van der Waals surface area contributed by atoms with E-state index in [-0.39, 0.29) is 5.91 Å². The molecule has 1 aromatic heterocycles. The highest BCUT2D eigenvalue weighted by Gasteiger charge is 2.31. The van der Waals surface area contributed by atoms with Crippen molar-refractivity contribution in [3.63, 3.8) is 0 Å². The maximum atomic E-state index is 12.8. The summed E-state index contributed by atoms with van der Waals surface area (Å²) in [6.07, 6.45) is 2.72. The van der Waals surface area contributed by atoms with Crippen molar-refractivity contribution in [3.05, 3.63) is 58.7 Å². The lowest BCUT2D eigenvalue weighted by Gasteiger charge is -2.39. The van der Waals surface area contributed by atoms with Gasteiger partial charge >= 0.3 is 0 Å². The number of likely N-dealkylation sites (tertiary alicyclic amines) is 1. The lowest BCUT2D eigenvalue weighted by molar-refractivity contribution is 0.0501. The summed E-state index contributed by atoms with van der Waals surface area (Å²) in [7, 11) is 3.48. The number of aryl methyl sites for hydroxylation is 1. The Balaban J connectivity index is 1.46. The van der Waals surface area contributed by atoms with E-state index in [4.69, 9.17) is 16.3 Å². The molecule has 0 atom stereocenters. The smallest absolute Gasteiger partial charge is 0.254 e. The van der Waals surface area contributed by atoms with Crippen LogP contribution in [0.2, 0.25) is 5.02 Å². The van der Waals surface area contributed by atoms with E-state index >= 15 is 0 Å². The van der Waals surface area contributed by atoms with Gasteiger partial charge in [-0.25, -0.2) is 0 Å². The number of benzene rings is 2. The molecule has 134 valence electrons. The molecule has 3 aromatic rings. The molecule has 0 spiro atoms. The van der Waals surface area contributed by atoms with Crippen LogP contribution in [0.4, 0.5) is 0 Å². The molecular weight excluding hydrogens is 350 g/mol. The van der Waals surface area contributed by atoms with Crippen molar-refractivity contribution in [1.29, 1.82) is 0 Å². The van der Waals surface area contributed by atoms with Crippen LogP contribution in [-0.4, -0.2) is 40.8 Å². The molecule has 1 amide bonds. The van der Waals surface area contributed by atoms with Gasteiger partial charge in [-0.3, -0.25) is 9.48 Å². The van der Waals surface area contributed by atoms with Crippen LogP contribution >= 0.6 is 11.6 Å². The van der Waals surface area contributed by atoms with Crippen LogP contribution < -0.4 is 4.74 Å². The number of ether oxygens (including phenoxy) is 1. The molecule has 0 aliphatic carbocycles.